The molecule has 8 nitrogen and oxygen atoms in total. The summed E-state index contributed by atoms with van der Waals surface area (Å²) >= 11 is 0. The molecule has 1 aliphatic heterocycles. The summed E-state index contributed by atoms with van der Waals surface area (Å²) in [7, 11) is -3.21. The van der Waals surface area contributed by atoms with Crippen LogP contribution in [0.3, 0.4) is 0 Å². The zero-order valence-corrected chi connectivity index (χ0v) is 21.4. The van der Waals surface area contributed by atoms with Gasteiger partial charge in [-0.25, -0.2) is 13.4 Å². The average Bonchev–Trinajstić information content (AvgIpc) is 3.47. The van der Waals surface area contributed by atoms with Crippen molar-refractivity contribution in [1.29, 1.82) is 0 Å². The van der Waals surface area contributed by atoms with Crippen molar-refractivity contribution in [1.82, 2.24) is 14.5 Å². The monoisotopic (exact) mass is 511 g/mol. The molecule has 1 unspecified atom stereocenters. The van der Waals surface area contributed by atoms with E-state index in [4.69, 9.17) is 9.47 Å². The summed E-state index contributed by atoms with van der Waals surface area (Å²) in [5.74, 6) is 0.340. The van der Waals surface area contributed by atoms with E-state index >= 15 is 0 Å². The molecule has 3 heterocycles. The number of H-pyrrole nitrogens is 1. The van der Waals surface area contributed by atoms with Gasteiger partial charge < -0.3 is 19.0 Å². The third-order valence-corrected chi connectivity index (χ3v) is 9.37. The number of nitrogens with one attached hydrogen (secondary N) is 1. The molecule has 2 aromatic heterocycles. The van der Waals surface area contributed by atoms with Crippen molar-refractivity contribution in [3.8, 4) is 11.4 Å². The van der Waals surface area contributed by atoms with E-state index in [-0.39, 0.29) is 23.7 Å². The van der Waals surface area contributed by atoms with Crippen LogP contribution in [0, 0.1) is 5.92 Å². The molecule has 1 aromatic carbocycles. The zero-order valence-electron chi connectivity index (χ0n) is 20.6. The van der Waals surface area contributed by atoms with Crippen LogP contribution < -0.4 is 0 Å². The van der Waals surface area contributed by atoms with E-state index in [0.717, 1.165) is 68.0 Å². The Morgan fingerprint density at radius 1 is 1.14 bits per heavy atom. The average molecular weight is 512 g/mol. The molecule has 0 radical (unpaired) electrons. The Bertz CT molecular complexity index is 1280. The standard InChI is InChI=1S/C27H33N3O5S/c1-2-35-27(31)17-30-16-26(28-18-30)25-10-9-24(29-25)23(15-19-11-13-34-14-12-19)20-3-5-21(6-4-20)36(32,33)22-7-8-22/h3-6,9-10,16,18-19,22-23,29H,2,7-8,11-15,17H2,1H3. The Kier molecular flexibility index (Phi) is 7.29. The molecular formula is C27H33N3O5S. The highest BCUT2D eigenvalue weighted by Crippen LogP contribution is 2.37. The summed E-state index contributed by atoms with van der Waals surface area (Å²) in [4.78, 5) is 20.2. The van der Waals surface area contributed by atoms with Gasteiger partial charge in [-0.05, 0) is 74.8 Å². The number of nitrogens with zero attached hydrogens (tertiary/aromatic N) is 2. The lowest BCUT2D eigenvalue weighted by Gasteiger charge is -2.27. The van der Waals surface area contributed by atoms with E-state index < -0.39 is 9.84 Å². The van der Waals surface area contributed by atoms with Gasteiger partial charge in [0.2, 0.25) is 0 Å². The van der Waals surface area contributed by atoms with E-state index in [0.29, 0.717) is 17.4 Å². The van der Waals surface area contributed by atoms with Crippen LogP contribution in [-0.4, -0.2) is 54.0 Å². The lowest BCUT2D eigenvalue weighted by atomic mass is 9.83. The molecule has 3 aromatic rings. The maximum atomic E-state index is 12.7. The first-order valence-corrected chi connectivity index (χ1v) is 14.3. The second kappa shape index (κ2) is 10.6. The van der Waals surface area contributed by atoms with Crippen molar-refractivity contribution in [2.24, 2.45) is 5.92 Å². The van der Waals surface area contributed by atoms with Crippen LogP contribution in [0.5, 0.6) is 0 Å². The summed E-state index contributed by atoms with van der Waals surface area (Å²) in [5.41, 5.74) is 3.78. The van der Waals surface area contributed by atoms with Crippen LogP contribution >= 0.6 is 0 Å². The Morgan fingerprint density at radius 2 is 1.89 bits per heavy atom. The topological polar surface area (TPSA) is 103 Å². The van der Waals surface area contributed by atoms with Gasteiger partial charge in [-0.2, -0.15) is 0 Å². The number of aromatic amines is 1. The van der Waals surface area contributed by atoms with Crippen molar-refractivity contribution < 1.29 is 22.7 Å². The van der Waals surface area contributed by atoms with Crippen molar-refractivity contribution in [3.63, 3.8) is 0 Å². The van der Waals surface area contributed by atoms with Gasteiger partial charge in [0.25, 0.3) is 0 Å². The number of benzene rings is 1. The minimum atomic E-state index is -3.21. The molecule has 192 valence electrons. The van der Waals surface area contributed by atoms with Crippen molar-refractivity contribution in [3.05, 3.63) is 60.2 Å². The molecule has 1 atom stereocenters. The van der Waals surface area contributed by atoms with Crippen LogP contribution in [0.2, 0.25) is 0 Å². The van der Waals surface area contributed by atoms with Gasteiger partial charge in [0, 0.05) is 31.0 Å². The fourth-order valence-corrected chi connectivity index (χ4v) is 6.58. The highest BCUT2D eigenvalue weighted by molar-refractivity contribution is 7.92. The van der Waals surface area contributed by atoms with Gasteiger partial charge in [0.15, 0.2) is 9.84 Å². The lowest BCUT2D eigenvalue weighted by molar-refractivity contribution is -0.143. The summed E-state index contributed by atoms with van der Waals surface area (Å²) in [5, 5.41) is -0.212. The van der Waals surface area contributed by atoms with Crippen LogP contribution in [0.4, 0.5) is 0 Å². The third-order valence-electron chi connectivity index (χ3n) is 7.09. The van der Waals surface area contributed by atoms with E-state index in [1.165, 1.54) is 0 Å². The van der Waals surface area contributed by atoms with Gasteiger partial charge >= 0.3 is 5.97 Å². The van der Waals surface area contributed by atoms with E-state index in [2.05, 4.69) is 16.0 Å². The molecule has 1 N–H and O–H groups in total. The first-order chi connectivity index (χ1) is 17.4. The van der Waals surface area contributed by atoms with Gasteiger partial charge in [-0.15, -0.1) is 0 Å². The van der Waals surface area contributed by atoms with Crippen LogP contribution in [0.15, 0.2) is 53.8 Å². The Hall–Kier alpha value is -2.91. The third kappa shape index (κ3) is 5.57. The second-order valence-corrected chi connectivity index (χ2v) is 11.9. The number of aromatic nitrogens is 3. The van der Waals surface area contributed by atoms with Crippen molar-refractivity contribution in [2.75, 3.05) is 19.8 Å². The first-order valence-electron chi connectivity index (χ1n) is 12.7. The van der Waals surface area contributed by atoms with E-state index in [1.807, 2.05) is 24.4 Å². The lowest BCUT2D eigenvalue weighted by Crippen LogP contribution is -2.19. The van der Waals surface area contributed by atoms with Gasteiger partial charge in [-0.1, -0.05) is 12.1 Å². The SMILES string of the molecule is CCOC(=O)Cn1cnc(-c2ccc(C(CC3CCOCC3)c3ccc(S(=O)(=O)C4CC4)cc3)[nH]2)c1. The number of ether oxygens (including phenoxy) is 2. The minimum absolute atomic E-state index is 0.0983. The predicted octanol–water partition coefficient (Wildman–Crippen LogP) is 4.33. The molecule has 36 heavy (non-hydrogen) atoms. The van der Waals surface area contributed by atoms with Gasteiger partial charge in [0.1, 0.15) is 12.2 Å². The molecular weight excluding hydrogens is 478 g/mol. The Balaban J connectivity index is 1.39. The molecule has 1 aliphatic carbocycles. The summed E-state index contributed by atoms with van der Waals surface area (Å²) in [6.45, 7) is 3.82. The second-order valence-electron chi connectivity index (χ2n) is 9.72. The number of hydrogen-bond acceptors (Lipinski definition) is 6. The molecule has 1 saturated carbocycles. The zero-order chi connectivity index (χ0) is 25.1. The maximum Gasteiger partial charge on any atom is 0.325 e. The van der Waals surface area contributed by atoms with Gasteiger partial charge in [-0.3, -0.25) is 4.79 Å². The number of imidazole rings is 1. The van der Waals surface area contributed by atoms with E-state index in [9.17, 15) is 13.2 Å². The van der Waals surface area contributed by atoms with Crippen LogP contribution in [0.25, 0.3) is 11.4 Å². The molecule has 5 rings (SSSR count). The number of carbonyl (C=O) groups is 1. The fourth-order valence-electron chi connectivity index (χ4n) is 4.92. The van der Waals surface area contributed by atoms with Crippen LogP contribution in [0.1, 0.15) is 56.2 Å². The number of carbonyl (C=O) groups excluding carboxylic acids is 1. The van der Waals surface area contributed by atoms with Crippen LogP contribution in [-0.2, 0) is 30.7 Å². The Labute approximate surface area is 212 Å². The molecule has 1 saturated heterocycles. The molecule has 0 bridgehead atoms. The number of rotatable bonds is 10. The van der Waals surface area contributed by atoms with Crippen molar-refractivity contribution >= 4 is 15.8 Å². The fraction of sp³-hybridized carbons (Fsp3) is 0.481. The molecule has 9 heteroatoms. The highest BCUT2D eigenvalue weighted by atomic mass is 32.2. The largest absolute Gasteiger partial charge is 0.465 e. The predicted molar refractivity (Wildman–Crippen MR) is 135 cm³/mol. The molecule has 0 spiro atoms. The number of hydrogen-bond donors (Lipinski definition) is 1. The number of sulfone groups is 1. The molecule has 0 amide bonds. The Morgan fingerprint density at radius 3 is 2.58 bits per heavy atom. The first kappa shape index (κ1) is 24.8. The summed E-state index contributed by atoms with van der Waals surface area (Å²) in [6, 6.07) is 11.6. The molecule has 2 aliphatic rings. The normalized spacial score (nSPS) is 17.7. The van der Waals surface area contributed by atoms with Gasteiger partial charge in [0.05, 0.1) is 28.8 Å². The smallest absolute Gasteiger partial charge is 0.325 e. The maximum absolute atomic E-state index is 12.7. The number of esters is 1. The minimum Gasteiger partial charge on any atom is -0.465 e. The quantitative estimate of drug-likeness (QED) is 0.407. The summed E-state index contributed by atoms with van der Waals surface area (Å²) < 4.78 is 37.6. The van der Waals surface area contributed by atoms with E-state index in [1.54, 1.807) is 30.0 Å². The highest BCUT2D eigenvalue weighted by Gasteiger charge is 2.37. The molecule has 2 fully saturated rings. The summed E-state index contributed by atoms with van der Waals surface area (Å²) in [6.07, 6.45) is 7.99. The van der Waals surface area contributed by atoms with Crippen molar-refractivity contribution in [2.45, 2.75) is 61.6 Å².